The van der Waals surface area contributed by atoms with E-state index in [1.807, 2.05) is 0 Å². The topological polar surface area (TPSA) is 74.8 Å². The third kappa shape index (κ3) is 5.47. The van der Waals surface area contributed by atoms with Crippen LogP contribution < -0.4 is 0 Å². The van der Waals surface area contributed by atoms with Gasteiger partial charge in [-0.15, -0.1) is 0 Å². The Bertz CT molecular complexity index is 1180. The number of piperazine rings is 1. The molecule has 0 saturated carbocycles. The second-order valence-electron chi connectivity index (χ2n) is 6.70. The molecule has 0 unspecified atom stereocenters. The quantitative estimate of drug-likeness (QED) is 0.635. The molecule has 1 fully saturated rings. The summed E-state index contributed by atoms with van der Waals surface area (Å²) in [4.78, 5) is -0.663. The lowest BCUT2D eigenvalue weighted by atomic mass is 10.2. The maximum Gasteiger partial charge on any atom is 0.416 e. The van der Waals surface area contributed by atoms with E-state index in [0.29, 0.717) is 17.7 Å². The van der Waals surface area contributed by atoms with Crippen molar-refractivity contribution in [1.82, 2.24) is 8.61 Å². The zero-order valence-electron chi connectivity index (χ0n) is 16.0. The zero-order chi connectivity index (χ0) is 22.9. The highest BCUT2D eigenvalue weighted by atomic mass is 35.5. The SMILES string of the molecule is O=S(=O)(/C=C/c1ccccc1)N1CCN(S(=O)(=O)c2cc(C(F)(F)F)ccc2Cl)CC1. The molecule has 0 aromatic heterocycles. The van der Waals surface area contributed by atoms with Crippen molar-refractivity contribution in [1.29, 1.82) is 0 Å². The van der Waals surface area contributed by atoms with E-state index < -0.39 is 36.7 Å². The summed E-state index contributed by atoms with van der Waals surface area (Å²) < 4.78 is 91.7. The van der Waals surface area contributed by atoms with Crippen LogP contribution in [0.25, 0.3) is 6.08 Å². The molecule has 0 amide bonds. The number of rotatable bonds is 5. The lowest BCUT2D eigenvalue weighted by molar-refractivity contribution is -0.137. The summed E-state index contributed by atoms with van der Waals surface area (Å²) in [6.07, 6.45) is -3.30. The van der Waals surface area contributed by atoms with E-state index >= 15 is 0 Å². The molecule has 168 valence electrons. The molecule has 1 saturated heterocycles. The Morgan fingerprint density at radius 2 is 1.45 bits per heavy atom. The lowest BCUT2D eigenvalue weighted by Crippen LogP contribution is -2.50. The molecule has 12 heteroatoms. The highest BCUT2D eigenvalue weighted by Gasteiger charge is 2.36. The minimum absolute atomic E-state index is 0.142. The Kier molecular flexibility index (Phi) is 6.82. The van der Waals surface area contributed by atoms with Crippen LogP contribution in [0.15, 0.2) is 58.8 Å². The van der Waals surface area contributed by atoms with Gasteiger partial charge in [-0.1, -0.05) is 41.9 Å². The van der Waals surface area contributed by atoms with E-state index in [1.165, 1.54) is 6.08 Å². The first-order chi connectivity index (χ1) is 14.4. The predicted molar refractivity (Wildman–Crippen MR) is 111 cm³/mol. The van der Waals surface area contributed by atoms with Crippen molar-refractivity contribution in [2.75, 3.05) is 26.2 Å². The number of alkyl halides is 3. The van der Waals surface area contributed by atoms with Crippen molar-refractivity contribution < 1.29 is 30.0 Å². The van der Waals surface area contributed by atoms with E-state index in [9.17, 15) is 30.0 Å². The van der Waals surface area contributed by atoms with Crippen molar-refractivity contribution in [3.05, 3.63) is 70.1 Å². The minimum atomic E-state index is -4.73. The monoisotopic (exact) mass is 494 g/mol. The molecule has 1 aliphatic heterocycles. The van der Waals surface area contributed by atoms with Gasteiger partial charge in [0.1, 0.15) is 4.90 Å². The van der Waals surface area contributed by atoms with Crippen molar-refractivity contribution in [3.63, 3.8) is 0 Å². The lowest BCUT2D eigenvalue weighted by Gasteiger charge is -2.32. The van der Waals surface area contributed by atoms with Crippen LogP contribution in [0.3, 0.4) is 0 Å². The smallest absolute Gasteiger partial charge is 0.208 e. The highest BCUT2D eigenvalue weighted by molar-refractivity contribution is 7.92. The van der Waals surface area contributed by atoms with Crippen LogP contribution in [0, 0.1) is 0 Å². The van der Waals surface area contributed by atoms with Crippen LogP contribution in [0.4, 0.5) is 13.2 Å². The molecule has 0 aliphatic carbocycles. The second-order valence-corrected chi connectivity index (χ2v) is 10.8. The first-order valence-corrected chi connectivity index (χ1v) is 12.3. The average molecular weight is 495 g/mol. The second kappa shape index (κ2) is 8.91. The van der Waals surface area contributed by atoms with Gasteiger partial charge in [0, 0.05) is 31.6 Å². The molecule has 2 aromatic rings. The fraction of sp³-hybridized carbons (Fsp3) is 0.263. The maximum atomic E-state index is 13.0. The Morgan fingerprint density at radius 1 is 0.871 bits per heavy atom. The summed E-state index contributed by atoms with van der Waals surface area (Å²) >= 11 is 5.86. The minimum Gasteiger partial charge on any atom is -0.208 e. The largest absolute Gasteiger partial charge is 0.416 e. The molecule has 6 nitrogen and oxygen atoms in total. The van der Waals surface area contributed by atoms with Gasteiger partial charge in [-0.3, -0.25) is 0 Å². The highest BCUT2D eigenvalue weighted by Crippen LogP contribution is 2.34. The molecule has 3 rings (SSSR count). The predicted octanol–water partition coefficient (Wildman–Crippen LogP) is 3.67. The third-order valence-corrected chi connectivity index (χ3v) is 8.61. The van der Waals surface area contributed by atoms with Crippen LogP contribution in [0.5, 0.6) is 0 Å². The van der Waals surface area contributed by atoms with Gasteiger partial charge in [0.2, 0.25) is 20.0 Å². The van der Waals surface area contributed by atoms with Gasteiger partial charge in [-0.2, -0.15) is 21.8 Å². The summed E-state index contributed by atoms with van der Waals surface area (Å²) in [7, 11) is -8.13. The Labute approximate surface area is 183 Å². The van der Waals surface area contributed by atoms with Gasteiger partial charge in [0.25, 0.3) is 0 Å². The van der Waals surface area contributed by atoms with E-state index in [4.69, 9.17) is 11.6 Å². The molecule has 2 aromatic carbocycles. The normalized spacial score (nSPS) is 17.3. The number of hydrogen-bond acceptors (Lipinski definition) is 4. The Morgan fingerprint density at radius 3 is 2.03 bits per heavy atom. The van der Waals surface area contributed by atoms with Gasteiger partial charge < -0.3 is 0 Å². The van der Waals surface area contributed by atoms with Gasteiger partial charge >= 0.3 is 6.18 Å². The molecule has 0 spiro atoms. The van der Waals surface area contributed by atoms with Crippen LogP contribution in [0.1, 0.15) is 11.1 Å². The number of sulfonamides is 2. The van der Waals surface area contributed by atoms with Crippen LogP contribution >= 0.6 is 11.6 Å². The molecular weight excluding hydrogens is 477 g/mol. The van der Waals surface area contributed by atoms with Crippen molar-refractivity contribution >= 4 is 37.7 Å². The molecule has 0 atom stereocenters. The van der Waals surface area contributed by atoms with Crippen LogP contribution in [-0.2, 0) is 26.2 Å². The Balaban J connectivity index is 1.75. The van der Waals surface area contributed by atoms with E-state index in [-0.39, 0.29) is 31.2 Å². The molecule has 31 heavy (non-hydrogen) atoms. The number of hydrogen-bond donors (Lipinski definition) is 0. The molecular formula is C19H18ClF3N2O4S2. The molecule has 0 radical (unpaired) electrons. The third-order valence-electron chi connectivity index (χ3n) is 4.67. The van der Waals surface area contributed by atoms with E-state index in [2.05, 4.69) is 0 Å². The number of halogens is 4. The summed E-state index contributed by atoms with van der Waals surface area (Å²) in [5, 5.41) is 0.699. The van der Waals surface area contributed by atoms with E-state index in [1.54, 1.807) is 30.3 Å². The van der Waals surface area contributed by atoms with Crippen LogP contribution in [-0.4, -0.2) is 51.6 Å². The van der Waals surface area contributed by atoms with Gasteiger partial charge in [0.05, 0.1) is 10.6 Å². The molecule has 1 aliphatic rings. The number of nitrogens with zero attached hydrogens (tertiary/aromatic N) is 2. The fourth-order valence-corrected chi connectivity index (χ4v) is 6.09. The first-order valence-electron chi connectivity index (χ1n) is 9.01. The van der Waals surface area contributed by atoms with Crippen molar-refractivity contribution in [2.45, 2.75) is 11.1 Å². The average Bonchev–Trinajstić information content (AvgIpc) is 2.72. The van der Waals surface area contributed by atoms with Gasteiger partial charge in [0.15, 0.2) is 0 Å². The zero-order valence-corrected chi connectivity index (χ0v) is 18.3. The summed E-state index contributed by atoms with van der Waals surface area (Å²) in [6, 6.07) is 10.8. The molecule has 0 N–H and O–H groups in total. The molecule has 1 heterocycles. The summed E-state index contributed by atoms with van der Waals surface area (Å²) in [6.45, 7) is -0.713. The van der Waals surface area contributed by atoms with Crippen LogP contribution in [0.2, 0.25) is 5.02 Å². The summed E-state index contributed by atoms with van der Waals surface area (Å²) in [5.41, 5.74) is -0.450. The fourth-order valence-electron chi connectivity index (χ4n) is 3.00. The Hall–Kier alpha value is -1.92. The van der Waals surface area contributed by atoms with Gasteiger partial charge in [-0.25, -0.2) is 16.8 Å². The van der Waals surface area contributed by atoms with E-state index in [0.717, 1.165) is 20.1 Å². The number of benzene rings is 2. The van der Waals surface area contributed by atoms with Crippen molar-refractivity contribution in [2.24, 2.45) is 0 Å². The van der Waals surface area contributed by atoms with Gasteiger partial charge in [-0.05, 0) is 29.8 Å². The van der Waals surface area contributed by atoms with Crippen molar-refractivity contribution in [3.8, 4) is 0 Å². The first kappa shape index (κ1) is 23.7. The standard InChI is InChI=1S/C19H18ClF3N2O4S2/c20-17-7-6-16(19(21,22)23)14-18(17)31(28,29)25-11-9-24(10-12-25)30(26,27)13-8-15-4-2-1-3-5-15/h1-8,13-14H,9-12H2/b13-8+. The summed E-state index contributed by atoms with van der Waals surface area (Å²) in [5.74, 6) is 0. The molecule has 0 bridgehead atoms. The maximum absolute atomic E-state index is 13.0.